The van der Waals surface area contributed by atoms with Crippen molar-refractivity contribution >= 4 is 11.7 Å². The Morgan fingerprint density at radius 2 is 1.90 bits per heavy atom. The minimum Gasteiger partial charge on any atom is -0.318 e. The third-order valence-corrected chi connectivity index (χ3v) is 2.68. The molecule has 0 spiro atoms. The Morgan fingerprint density at radius 1 is 1.15 bits per heavy atom. The number of pyridine rings is 1. The van der Waals surface area contributed by atoms with Crippen molar-refractivity contribution in [3.8, 4) is 0 Å². The van der Waals surface area contributed by atoms with Crippen molar-refractivity contribution in [1.29, 1.82) is 0 Å². The van der Waals surface area contributed by atoms with Gasteiger partial charge in [-0.2, -0.15) is 0 Å². The molecular weight excluding hydrogens is 252 g/mol. The standard InChI is InChI=1S/C16H16N2O2/c1-2-7-15(19)20-18-16(13-8-4-3-5-9-13)14-10-6-11-17-12-14/h3-6,8-12H,2,7H2,1H3. The van der Waals surface area contributed by atoms with Crippen LogP contribution in [0.15, 0.2) is 60.0 Å². The first kappa shape index (κ1) is 13.9. The highest BCUT2D eigenvalue weighted by Gasteiger charge is 2.09. The molecule has 0 N–H and O–H groups in total. The van der Waals surface area contributed by atoms with Gasteiger partial charge in [-0.15, -0.1) is 0 Å². The van der Waals surface area contributed by atoms with Crippen LogP contribution in [0.2, 0.25) is 0 Å². The highest BCUT2D eigenvalue weighted by atomic mass is 16.7. The normalized spacial score (nSPS) is 11.2. The van der Waals surface area contributed by atoms with E-state index < -0.39 is 0 Å². The molecular formula is C16H16N2O2. The Bertz CT molecular complexity index is 538. The van der Waals surface area contributed by atoms with Gasteiger partial charge < -0.3 is 4.84 Å². The lowest BCUT2D eigenvalue weighted by molar-refractivity contribution is -0.143. The first-order valence-corrected chi connectivity index (χ1v) is 6.55. The van der Waals surface area contributed by atoms with Crippen molar-refractivity contribution in [2.45, 2.75) is 19.8 Å². The molecule has 0 aliphatic carbocycles. The van der Waals surface area contributed by atoms with Crippen molar-refractivity contribution in [1.82, 2.24) is 4.98 Å². The summed E-state index contributed by atoms with van der Waals surface area (Å²) in [6.07, 6.45) is 4.48. The number of hydrogen-bond donors (Lipinski definition) is 0. The van der Waals surface area contributed by atoms with Gasteiger partial charge in [0.05, 0.1) is 0 Å². The summed E-state index contributed by atoms with van der Waals surface area (Å²) in [5.41, 5.74) is 2.29. The fourth-order valence-corrected chi connectivity index (χ4v) is 1.72. The lowest BCUT2D eigenvalue weighted by Gasteiger charge is -2.06. The fraction of sp³-hybridized carbons (Fsp3) is 0.188. The van der Waals surface area contributed by atoms with Crippen molar-refractivity contribution in [3.63, 3.8) is 0 Å². The van der Waals surface area contributed by atoms with Gasteiger partial charge in [-0.3, -0.25) is 4.98 Å². The molecule has 4 nitrogen and oxygen atoms in total. The Balaban J connectivity index is 2.30. The molecule has 2 rings (SSSR count). The van der Waals surface area contributed by atoms with E-state index in [0.717, 1.165) is 17.5 Å². The summed E-state index contributed by atoms with van der Waals surface area (Å²) >= 11 is 0. The van der Waals surface area contributed by atoms with E-state index in [2.05, 4.69) is 10.1 Å². The second-order valence-corrected chi connectivity index (χ2v) is 4.26. The second kappa shape index (κ2) is 7.19. The zero-order chi connectivity index (χ0) is 14.2. The van der Waals surface area contributed by atoms with Crippen molar-refractivity contribution in [2.24, 2.45) is 5.16 Å². The molecule has 0 fully saturated rings. The Morgan fingerprint density at radius 3 is 2.55 bits per heavy atom. The van der Waals surface area contributed by atoms with Crippen LogP contribution in [0, 0.1) is 0 Å². The van der Waals surface area contributed by atoms with Crippen molar-refractivity contribution < 1.29 is 9.63 Å². The van der Waals surface area contributed by atoms with Crippen LogP contribution in [0.3, 0.4) is 0 Å². The number of carbonyl (C=O) groups excluding carboxylic acids is 1. The zero-order valence-corrected chi connectivity index (χ0v) is 11.3. The van der Waals surface area contributed by atoms with E-state index in [1.165, 1.54) is 0 Å². The van der Waals surface area contributed by atoms with Crippen LogP contribution in [0.25, 0.3) is 0 Å². The molecule has 0 aliphatic rings. The van der Waals surface area contributed by atoms with Crippen LogP contribution in [0.1, 0.15) is 30.9 Å². The highest BCUT2D eigenvalue weighted by Crippen LogP contribution is 2.10. The van der Waals surface area contributed by atoms with Crippen LogP contribution in [0.4, 0.5) is 0 Å². The lowest BCUT2D eigenvalue weighted by atomic mass is 10.0. The van der Waals surface area contributed by atoms with E-state index in [9.17, 15) is 4.79 Å². The van der Waals surface area contributed by atoms with E-state index in [0.29, 0.717) is 12.1 Å². The third kappa shape index (κ3) is 3.75. The molecule has 102 valence electrons. The van der Waals surface area contributed by atoms with Gasteiger partial charge in [0.25, 0.3) is 0 Å². The first-order valence-electron chi connectivity index (χ1n) is 6.55. The number of oxime groups is 1. The van der Waals surface area contributed by atoms with Gasteiger partial charge in [0.1, 0.15) is 5.71 Å². The van der Waals surface area contributed by atoms with E-state index in [1.807, 2.05) is 49.4 Å². The van der Waals surface area contributed by atoms with Crippen molar-refractivity contribution in [2.75, 3.05) is 0 Å². The van der Waals surface area contributed by atoms with Gasteiger partial charge in [-0.1, -0.05) is 42.4 Å². The van der Waals surface area contributed by atoms with Gasteiger partial charge in [-0.25, -0.2) is 4.79 Å². The number of nitrogens with zero attached hydrogens (tertiary/aromatic N) is 2. The summed E-state index contributed by atoms with van der Waals surface area (Å²) < 4.78 is 0. The maximum Gasteiger partial charge on any atom is 0.335 e. The predicted molar refractivity (Wildman–Crippen MR) is 77.3 cm³/mol. The zero-order valence-electron chi connectivity index (χ0n) is 11.3. The summed E-state index contributed by atoms with van der Waals surface area (Å²) in [5, 5.41) is 4.01. The predicted octanol–water partition coefficient (Wildman–Crippen LogP) is 3.18. The number of benzene rings is 1. The molecule has 0 saturated heterocycles. The Hall–Kier alpha value is -2.49. The Kier molecular flexibility index (Phi) is 5.00. The van der Waals surface area contributed by atoms with E-state index in [1.54, 1.807) is 12.4 Å². The smallest absolute Gasteiger partial charge is 0.318 e. The second-order valence-electron chi connectivity index (χ2n) is 4.26. The quantitative estimate of drug-likeness (QED) is 0.475. The van der Waals surface area contributed by atoms with E-state index in [4.69, 9.17) is 4.84 Å². The van der Waals surface area contributed by atoms with E-state index in [-0.39, 0.29) is 5.97 Å². The molecule has 1 aromatic carbocycles. The summed E-state index contributed by atoms with van der Waals surface area (Å²) in [4.78, 5) is 20.5. The molecule has 1 heterocycles. The molecule has 20 heavy (non-hydrogen) atoms. The minimum atomic E-state index is -0.329. The maximum atomic E-state index is 11.5. The Labute approximate surface area is 118 Å². The molecule has 1 aromatic heterocycles. The number of hydrogen-bond acceptors (Lipinski definition) is 4. The summed E-state index contributed by atoms with van der Waals surface area (Å²) in [6, 6.07) is 13.3. The van der Waals surface area contributed by atoms with Gasteiger partial charge in [0.2, 0.25) is 0 Å². The number of aromatic nitrogens is 1. The van der Waals surface area contributed by atoms with Gasteiger partial charge >= 0.3 is 5.97 Å². The first-order chi connectivity index (χ1) is 9.81. The van der Waals surface area contributed by atoms with Crippen LogP contribution >= 0.6 is 0 Å². The van der Waals surface area contributed by atoms with Crippen LogP contribution in [0.5, 0.6) is 0 Å². The van der Waals surface area contributed by atoms with Crippen LogP contribution in [-0.4, -0.2) is 16.7 Å². The van der Waals surface area contributed by atoms with Crippen molar-refractivity contribution in [3.05, 3.63) is 66.0 Å². The average molecular weight is 268 g/mol. The molecule has 0 bridgehead atoms. The topological polar surface area (TPSA) is 51.5 Å². The minimum absolute atomic E-state index is 0.329. The van der Waals surface area contributed by atoms with E-state index >= 15 is 0 Å². The molecule has 0 amide bonds. The number of carbonyl (C=O) groups is 1. The molecule has 0 aliphatic heterocycles. The monoisotopic (exact) mass is 268 g/mol. The largest absolute Gasteiger partial charge is 0.335 e. The molecule has 4 heteroatoms. The summed E-state index contributed by atoms with van der Waals surface area (Å²) in [5.74, 6) is -0.329. The van der Waals surface area contributed by atoms with Crippen LogP contribution < -0.4 is 0 Å². The number of rotatable bonds is 5. The fourth-order valence-electron chi connectivity index (χ4n) is 1.72. The van der Waals surface area contributed by atoms with Gasteiger partial charge in [0.15, 0.2) is 0 Å². The molecule has 0 radical (unpaired) electrons. The SMILES string of the molecule is CCCC(=O)ON=C(c1ccccc1)c1cccnc1. The summed E-state index contributed by atoms with van der Waals surface area (Å²) in [6.45, 7) is 1.92. The summed E-state index contributed by atoms with van der Waals surface area (Å²) in [7, 11) is 0. The molecule has 0 atom stereocenters. The third-order valence-electron chi connectivity index (χ3n) is 2.68. The lowest BCUT2D eigenvalue weighted by Crippen LogP contribution is -2.07. The highest BCUT2D eigenvalue weighted by molar-refractivity contribution is 6.12. The molecule has 2 aromatic rings. The maximum absolute atomic E-state index is 11.5. The van der Waals surface area contributed by atoms with Gasteiger partial charge in [-0.05, 0) is 18.6 Å². The molecule has 0 saturated carbocycles. The van der Waals surface area contributed by atoms with Crippen LogP contribution in [-0.2, 0) is 9.63 Å². The average Bonchev–Trinajstić information content (AvgIpc) is 2.50. The molecule has 0 unspecified atom stereocenters. The van der Waals surface area contributed by atoms with Gasteiger partial charge in [0, 0.05) is 29.9 Å².